The number of hydrogen-bond acceptors (Lipinski definition) is 0. The van der Waals surface area contributed by atoms with Crippen molar-refractivity contribution in [3.63, 3.8) is 0 Å². The van der Waals surface area contributed by atoms with E-state index in [0.717, 1.165) is 18.3 Å². The molecule has 0 aromatic carbocycles. The van der Waals surface area contributed by atoms with Crippen molar-refractivity contribution >= 4 is 0 Å². The molecule has 0 amide bonds. The molecule has 2 unspecified atom stereocenters. The zero-order valence-corrected chi connectivity index (χ0v) is 7.01. The molecule has 0 aromatic heterocycles. The van der Waals surface area contributed by atoms with E-state index in [9.17, 15) is 0 Å². The Bertz CT molecular complexity index is 243. The summed E-state index contributed by atoms with van der Waals surface area (Å²) < 4.78 is 0. The normalized spacial score (nSPS) is 33.5. The fraction of sp³-hybridized carbons (Fsp3) is 0.455. The first-order valence-electron chi connectivity index (χ1n) is 4.31. The van der Waals surface area contributed by atoms with E-state index in [0.29, 0.717) is 0 Å². The van der Waals surface area contributed by atoms with Gasteiger partial charge in [-0.2, -0.15) is 0 Å². The highest BCUT2D eigenvalue weighted by Gasteiger charge is 2.38. The predicted octanol–water partition coefficient (Wildman–Crippen LogP) is 3.08. The third-order valence-electron chi connectivity index (χ3n) is 2.81. The molecule has 0 nitrogen and oxygen atoms in total. The molecule has 0 heteroatoms. The first-order valence-corrected chi connectivity index (χ1v) is 4.31. The molecule has 0 aromatic rings. The third-order valence-corrected chi connectivity index (χ3v) is 2.81. The van der Waals surface area contributed by atoms with Gasteiger partial charge < -0.3 is 0 Å². The molecule has 0 radical (unpaired) electrons. The van der Waals surface area contributed by atoms with Crippen LogP contribution in [0.15, 0.2) is 36.0 Å². The Labute approximate surface area is 68.3 Å². The molecule has 11 heavy (non-hydrogen) atoms. The molecule has 0 spiro atoms. The lowest BCUT2D eigenvalue weighted by Gasteiger charge is -2.09. The van der Waals surface area contributed by atoms with Crippen LogP contribution in [0.3, 0.4) is 0 Å². The molecular weight excluding hydrogens is 132 g/mol. The van der Waals surface area contributed by atoms with E-state index in [1.807, 2.05) is 6.08 Å². The molecule has 1 fully saturated rings. The number of allylic oxidation sites excluding steroid dienone is 5. The van der Waals surface area contributed by atoms with E-state index >= 15 is 0 Å². The van der Waals surface area contributed by atoms with Crippen LogP contribution in [0.5, 0.6) is 0 Å². The van der Waals surface area contributed by atoms with Crippen LogP contribution in [0.4, 0.5) is 0 Å². The van der Waals surface area contributed by atoms with Crippen LogP contribution in [-0.2, 0) is 0 Å². The third kappa shape index (κ3) is 1.07. The summed E-state index contributed by atoms with van der Waals surface area (Å²) in [6.07, 6.45) is 9.07. The standard InChI is InChI=1S/C11H14/c1-3-4-9-5-6-10-7-11(10)8(9)2/h3,5-6,10-11H,1,4,7H2,2H3. The second-order valence-corrected chi connectivity index (χ2v) is 3.57. The van der Waals surface area contributed by atoms with Crippen molar-refractivity contribution in [3.05, 3.63) is 36.0 Å². The zero-order chi connectivity index (χ0) is 7.84. The van der Waals surface area contributed by atoms with Crippen molar-refractivity contribution in [2.45, 2.75) is 19.8 Å². The summed E-state index contributed by atoms with van der Waals surface area (Å²) in [7, 11) is 0. The van der Waals surface area contributed by atoms with Gasteiger partial charge in [-0.3, -0.25) is 0 Å². The highest BCUT2D eigenvalue weighted by Crippen LogP contribution is 2.49. The summed E-state index contributed by atoms with van der Waals surface area (Å²) in [6, 6.07) is 0. The minimum atomic E-state index is 0.892. The predicted molar refractivity (Wildman–Crippen MR) is 48.3 cm³/mol. The lowest BCUT2D eigenvalue weighted by molar-refractivity contribution is 0.880. The molecule has 2 aliphatic rings. The smallest absolute Gasteiger partial charge is 0.0101 e. The van der Waals surface area contributed by atoms with E-state index in [4.69, 9.17) is 0 Å². The maximum atomic E-state index is 3.76. The molecule has 0 heterocycles. The molecule has 58 valence electrons. The number of fused-ring (bicyclic) bond motifs is 1. The molecule has 0 N–H and O–H groups in total. The van der Waals surface area contributed by atoms with Crippen LogP contribution in [0.25, 0.3) is 0 Å². The van der Waals surface area contributed by atoms with Crippen LogP contribution in [-0.4, -0.2) is 0 Å². The minimum absolute atomic E-state index is 0.892. The number of hydrogen-bond donors (Lipinski definition) is 0. The van der Waals surface area contributed by atoms with Crippen LogP contribution >= 0.6 is 0 Å². The fourth-order valence-electron chi connectivity index (χ4n) is 1.92. The largest absolute Gasteiger partial charge is 0.103 e. The topological polar surface area (TPSA) is 0 Å². The van der Waals surface area contributed by atoms with Gasteiger partial charge in [0.1, 0.15) is 0 Å². The van der Waals surface area contributed by atoms with Gasteiger partial charge in [-0.1, -0.05) is 23.8 Å². The minimum Gasteiger partial charge on any atom is -0.103 e. The van der Waals surface area contributed by atoms with Crippen LogP contribution in [0.2, 0.25) is 0 Å². The van der Waals surface area contributed by atoms with Gasteiger partial charge >= 0.3 is 0 Å². The van der Waals surface area contributed by atoms with Crippen LogP contribution < -0.4 is 0 Å². The Balaban J connectivity index is 2.22. The molecule has 0 bridgehead atoms. The molecule has 2 aliphatic carbocycles. The molecular formula is C11H14. The van der Waals surface area contributed by atoms with Crippen molar-refractivity contribution in [1.29, 1.82) is 0 Å². The molecule has 0 saturated heterocycles. The van der Waals surface area contributed by atoms with Gasteiger partial charge in [0, 0.05) is 0 Å². The van der Waals surface area contributed by atoms with Gasteiger partial charge in [0.15, 0.2) is 0 Å². The van der Waals surface area contributed by atoms with Crippen LogP contribution in [0.1, 0.15) is 19.8 Å². The summed E-state index contributed by atoms with van der Waals surface area (Å²) in [5.41, 5.74) is 3.11. The Kier molecular flexibility index (Phi) is 1.49. The van der Waals surface area contributed by atoms with E-state index < -0.39 is 0 Å². The highest BCUT2D eigenvalue weighted by atomic mass is 14.4. The van der Waals surface area contributed by atoms with Crippen molar-refractivity contribution in [2.75, 3.05) is 0 Å². The first-order chi connectivity index (χ1) is 5.33. The summed E-state index contributed by atoms with van der Waals surface area (Å²) >= 11 is 0. The Morgan fingerprint density at radius 3 is 3.27 bits per heavy atom. The lowest BCUT2D eigenvalue weighted by atomic mass is 9.97. The van der Waals surface area contributed by atoms with E-state index in [-0.39, 0.29) is 0 Å². The second kappa shape index (κ2) is 2.37. The van der Waals surface area contributed by atoms with Gasteiger partial charge in [0.05, 0.1) is 0 Å². The molecule has 1 saturated carbocycles. The molecule has 0 aliphatic heterocycles. The highest BCUT2D eigenvalue weighted by molar-refractivity contribution is 5.37. The number of rotatable bonds is 2. The van der Waals surface area contributed by atoms with Crippen molar-refractivity contribution in [3.8, 4) is 0 Å². The van der Waals surface area contributed by atoms with Gasteiger partial charge in [-0.05, 0) is 37.2 Å². The molecule has 2 atom stereocenters. The van der Waals surface area contributed by atoms with Crippen LogP contribution in [0, 0.1) is 11.8 Å². The maximum absolute atomic E-state index is 3.76. The van der Waals surface area contributed by atoms with Gasteiger partial charge in [0.25, 0.3) is 0 Å². The summed E-state index contributed by atoms with van der Waals surface area (Å²) in [6.45, 7) is 6.03. The van der Waals surface area contributed by atoms with Gasteiger partial charge in [-0.25, -0.2) is 0 Å². The average molecular weight is 146 g/mol. The Morgan fingerprint density at radius 1 is 1.73 bits per heavy atom. The van der Waals surface area contributed by atoms with Crippen molar-refractivity contribution in [2.24, 2.45) is 11.8 Å². The average Bonchev–Trinajstić information content (AvgIpc) is 2.75. The van der Waals surface area contributed by atoms with Crippen molar-refractivity contribution in [1.82, 2.24) is 0 Å². The first kappa shape index (κ1) is 6.90. The summed E-state index contributed by atoms with van der Waals surface area (Å²) in [4.78, 5) is 0. The van der Waals surface area contributed by atoms with E-state index in [2.05, 4.69) is 25.7 Å². The zero-order valence-electron chi connectivity index (χ0n) is 7.01. The Hall–Kier alpha value is -0.780. The fourth-order valence-corrected chi connectivity index (χ4v) is 1.92. The van der Waals surface area contributed by atoms with Gasteiger partial charge in [0.2, 0.25) is 0 Å². The van der Waals surface area contributed by atoms with E-state index in [1.54, 1.807) is 5.57 Å². The van der Waals surface area contributed by atoms with Gasteiger partial charge in [-0.15, -0.1) is 6.58 Å². The summed E-state index contributed by atoms with van der Waals surface area (Å²) in [5, 5.41) is 0. The Morgan fingerprint density at radius 2 is 2.55 bits per heavy atom. The lowest BCUT2D eigenvalue weighted by Crippen LogP contribution is -1.93. The maximum Gasteiger partial charge on any atom is -0.0101 e. The SMILES string of the molecule is C=CCC1=C(C)C2CC2C=C1. The van der Waals surface area contributed by atoms with E-state index in [1.165, 1.54) is 12.0 Å². The molecule has 2 rings (SSSR count). The monoisotopic (exact) mass is 146 g/mol. The van der Waals surface area contributed by atoms with Crippen molar-refractivity contribution < 1.29 is 0 Å². The second-order valence-electron chi connectivity index (χ2n) is 3.57. The summed E-state index contributed by atoms with van der Waals surface area (Å²) in [5.74, 6) is 1.79. The quantitative estimate of drug-likeness (QED) is 0.525.